The van der Waals surface area contributed by atoms with Gasteiger partial charge < -0.3 is 21.3 Å². The van der Waals surface area contributed by atoms with Crippen molar-refractivity contribution >= 4 is 34.1 Å². The van der Waals surface area contributed by atoms with Gasteiger partial charge >= 0.3 is 0 Å². The second-order valence-electron chi connectivity index (χ2n) is 6.87. The lowest BCUT2D eigenvalue weighted by atomic mass is 9.89. The lowest BCUT2D eigenvalue weighted by Crippen LogP contribution is -2.50. The first-order valence-corrected chi connectivity index (χ1v) is 9.78. The Morgan fingerprint density at radius 2 is 2.11 bits per heavy atom. The fraction of sp³-hybridized carbons (Fsp3) is 0.500. The number of anilines is 3. The number of hydrogen-bond donors (Lipinski definition) is 3. The van der Waals surface area contributed by atoms with Gasteiger partial charge in [-0.3, -0.25) is 4.79 Å². The number of likely N-dealkylation sites (N-methyl/N-ethyl adjacent to an activating group) is 2. The number of carbonyl (C=O) groups excluding carboxylic acids is 1. The zero-order valence-corrected chi connectivity index (χ0v) is 16.6. The van der Waals surface area contributed by atoms with Crippen molar-refractivity contribution in [1.82, 2.24) is 14.7 Å². The summed E-state index contributed by atoms with van der Waals surface area (Å²) in [6, 6.07) is 3.39. The van der Waals surface area contributed by atoms with Gasteiger partial charge in [-0.1, -0.05) is 12.8 Å². The first kappa shape index (κ1) is 19.5. The van der Waals surface area contributed by atoms with E-state index in [-0.39, 0.29) is 29.3 Å². The number of amides is 1. The number of nitrogens with two attached hydrogens (primary N) is 1. The Morgan fingerprint density at radius 1 is 1.37 bits per heavy atom. The maximum atomic E-state index is 14.8. The van der Waals surface area contributed by atoms with Crippen molar-refractivity contribution in [3.05, 3.63) is 29.2 Å². The summed E-state index contributed by atoms with van der Waals surface area (Å²) in [7, 11) is 3.77. The second-order valence-corrected chi connectivity index (χ2v) is 7.67. The first-order valence-electron chi connectivity index (χ1n) is 9.01. The van der Waals surface area contributed by atoms with Gasteiger partial charge in [-0.05, 0) is 50.5 Å². The highest BCUT2D eigenvalue weighted by Gasteiger charge is 2.30. The van der Waals surface area contributed by atoms with E-state index in [0.29, 0.717) is 5.00 Å². The van der Waals surface area contributed by atoms with Crippen LogP contribution in [0, 0.1) is 12.7 Å². The standard InChI is InChI=1S/C18H25FN6OS/c1-10-8-15(27-24-10)22-17-11(16(20)26)9-12(19)18(23-17)25(3)14-7-5-4-6-13(14)21-2/h8-9,13-14,21H,4-7H2,1-3H3,(H2,20,26)(H,22,23). The number of pyridine rings is 1. The molecule has 2 heterocycles. The summed E-state index contributed by atoms with van der Waals surface area (Å²) < 4.78 is 19.0. The summed E-state index contributed by atoms with van der Waals surface area (Å²) in [5.74, 6) is -0.843. The van der Waals surface area contributed by atoms with Crippen LogP contribution in [0.5, 0.6) is 0 Å². The van der Waals surface area contributed by atoms with E-state index in [1.807, 2.05) is 32.0 Å². The van der Waals surface area contributed by atoms with Gasteiger partial charge in [0.05, 0.1) is 11.3 Å². The molecule has 146 valence electrons. The first-order chi connectivity index (χ1) is 12.9. The minimum atomic E-state index is -0.731. The molecule has 0 radical (unpaired) electrons. The molecule has 2 atom stereocenters. The van der Waals surface area contributed by atoms with Crippen molar-refractivity contribution in [1.29, 1.82) is 0 Å². The van der Waals surface area contributed by atoms with E-state index < -0.39 is 11.7 Å². The molecule has 0 saturated heterocycles. The average Bonchev–Trinajstić information content (AvgIpc) is 3.06. The monoisotopic (exact) mass is 392 g/mol. The number of primary amides is 1. The SMILES string of the molecule is CNC1CCCCC1N(C)c1nc(Nc2cc(C)ns2)c(C(N)=O)cc1F. The predicted molar refractivity (Wildman–Crippen MR) is 106 cm³/mol. The smallest absolute Gasteiger partial charge is 0.252 e. The maximum absolute atomic E-state index is 14.8. The second kappa shape index (κ2) is 8.18. The predicted octanol–water partition coefficient (Wildman–Crippen LogP) is 2.79. The van der Waals surface area contributed by atoms with Gasteiger partial charge in [0.25, 0.3) is 5.91 Å². The Labute approximate surface area is 162 Å². The van der Waals surface area contributed by atoms with Crippen LogP contribution in [0.2, 0.25) is 0 Å². The molecule has 9 heteroatoms. The number of halogens is 1. The molecule has 0 aromatic carbocycles. The number of rotatable bonds is 6. The third-order valence-corrected chi connectivity index (χ3v) is 5.82. The van der Waals surface area contributed by atoms with Crippen LogP contribution in [0.15, 0.2) is 12.1 Å². The van der Waals surface area contributed by atoms with Crippen LogP contribution in [0.4, 0.5) is 21.0 Å². The lowest BCUT2D eigenvalue weighted by molar-refractivity contribution is 0.100. The zero-order chi connectivity index (χ0) is 19.6. The third-order valence-electron chi connectivity index (χ3n) is 5.02. The Kier molecular flexibility index (Phi) is 5.91. The van der Waals surface area contributed by atoms with Crippen LogP contribution in [0.1, 0.15) is 41.7 Å². The minimum Gasteiger partial charge on any atom is -0.365 e. The summed E-state index contributed by atoms with van der Waals surface area (Å²) in [5.41, 5.74) is 6.30. The van der Waals surface area contributed by atoms with Crippen molar-refractivity contribution in [3.8, 4) is 0 Å². The van der Waals surface area contributed by atoms with Gasteiger partial charge in [0.2, 0.25) is 0 Å². The molecule has 27 heavy (non-hydrogen) atoms. The summed E-state index contributed by atoms with van der Waals surface area (Å²) in [5, 5.41) is 7.10. The molecule has 1 saturated carbocycles. The molecule has 2 aromatic heterocycles. The van der Waals surface area contributed by atoms with Crippen molar-refractivity contribution in [2.75, 3.05) is 24.3 Å². The molecule has 0 bridgehead atoms. The van der Waals surface area contributed by atoms with Gasteiger partial charge in [-0.2, -0.15) is 4.37 Å². The van der Waals surface area contributed by atoms with Crippen molar-refractivity contribution in [2.24, 2.45) is 5.73 Å². The summed E-state index contributed by atoms with van der Waals surface area (Å²) in [6.45, 7) is 1.87. The summed E-state index contributed by atoms with van der Waals surface area (Å²) in [4.78, 5) is 18.1. The molecule has 0 aliphatic heterocycles. The van der Waals surface area contributed by atoms with Gasteiger partial charge in [-0.25, -0.2) is 9.37 Å². The molecule has 3 rings (SSSR count). The number of carbonyl (C=O) groups is 1. The molecule has 4 N–H and O–H groups in total. The number of aromatic nitrogens is 2. The van der Waals surface area contributed by atoms with Crippen LogP contribution in [0.25, 0.3) is 0 Å². The van der Waals surface area contributed by atoms with Crippen LogP contribution < -0.4 is 21.3 Å². The number of nitrogens with one attached hydrogen (secondary N) is 2. The molecule has 1 amide bonds. The molecule has 1 fully saturated rings. The average molecular weight is 393 g/mol. The van der Waals surface area contributed by atoms with Crippen LogP contribution in [-0.4, -0.2) is 41.4 Å². The van der Waals surface area contributed by atoms with Crippen molar-refractivity contribution in [2.45, 2.75) is 44.7 Å². The zero-order valence-electron chi connectivity index (χ0n) is 15.8. The van der Waals surface area contributed by atoms with Crippen molar-refractivity contribution < 1.29 is 9.18 Å². The van der Waals surface area contributed by atoms with E-state index in [2.05, 4.69) is 20.0 Å². The van der Waals surface area contributed by atoms with E-state index >= 15 is 0 Å². The Balaban J connectivity index is 1.97. The maximum Gasteiger partial charge on any atom is 0.252 e. The van der Waals surface area contributed by atoms with E-state index in [1.54, 1.807) is 0 Å². The Morgan fingerprint density at radius 3 is 2.74 bits per heavy atom. The van der Waals surface area contributed by atoms with E-state index in [0.717, 1.165) is 37.4 Å². The van der Waals surface area contributed by atoms with Gasteiger partial charge in [0, 0.05) is 19.1 Å². The van der Waals surface area contributed by atoms with Crippen LogP contribution in [-0.2, 0) is 0 Å². The molecule has 2 unspecified atom stereocenters. The molecular formula is C18H25FN6OS. The highest BCUT2D eigenvalue weighted by Crippen LogP contribution is 2.31. The minimum absolute atomic E-state index is 0.0181. The quantitative estimate of drug-likeness (QED) is 0.700. The summed E-state index contributed by atoms with van der Waals surface area (Å²) in [6.07, 6.45) is 4.25. The van der Waals surface area contributed by atoms with E-state index in [1.165, 1.54) is 11.5 Å². The largest absolute Gasteiger partial charge is 0.365 e. The van der Waals surface area contributed by atoms with Crippen LogP contribution in [0.3, 0.4) is 0 Å². The van der Waals surface area contributed by atoms with Gasteiger partial charge in [0.15, 0.2) is 11.6 Å². The van der Waals surface area contributed by atoms with E-state index in [9.17, 15) is 9.18 Å². The van der Waals surface area contributed by atoms with Gasteiger partial charge in [0.1, 0.15) is 10.8 Å². The molecule has 1 aliphatic carbocycles. The van der Waals surface area contributed by atoms with Crippen LogP contribution >= 0.6 is 11.5 Å². The number of hydrogen-bond acceptors (Lipinski definition) is 7. The number of aryl methyl sites for hydroxylation is 1. The topological polar surface area (TPSA) is 96.2 Å². The lowest BCUT2D eigenvalue weighted by Gasteiger charge is -2.38. The van der Waals surface area contributed by atoms with Gasteiger partial charge in [-0.15, -0.1) is 0 Å². The molecule has 7 nitrogen and oxygen atoms in total. The number of nitrogens with zero attached hydrogens (tertiary/aromatic N) is 3. The molecule has 1 aliphatic rings. The van der Waals surface area contributed by atoms with Crippen molar-refractivity contribution in [3.63, 3.8) is 0 Å². The fourth-order valence-electron chi connectivity index (χ4n) is 3.62. The molecular weight excluding hydrogens is 367 g/mol. The van der Waals surface area contributed by atoms with E-state index in [4.69, 9.17) is 5.73 Å². The Bertz CT molecular complexity index is 826. The molecule has 0 spiro atoms. The normalized spacial score (nSPS) is 19.7. The highest BCUT2D eigenvalue weighted by atomic mass is 32.1. The Hall–Kier alpha value is -2.26. The summed E-state index contributed by atoms with van der Waals surface area (Å²) >= 11 is 1.24. The highest BCUT2D eigenvalue weighted by molar-refractivity contribution is 7.10. The third kappa shape index (κ3) is 4.19. The fourth-order valence-corrected chi connectivity index (χ4v) is 4.28. The molecule has 2 aromatic rings.